The van der Waals surface area contributed by atoms with E-state index in [1.807, 2.05) is 6.92 Å². The summed E-state index contributed by atoms with van der Waals surface area (Å²) in [6, 6.07) is 4.10. The van der Waals surface area contributed by atoms with Crippen molar-refractivity contribution in [1.82, 2.24) is 4.90 Å². The van der Waals surface area contributed by atoms with Crippen LogP contribution >= 0.6 is 11.6 Å². The van der Waals surface area contributed by atoms with Gasteiger partial charge in [-0.15, -0.1) is 0 Å². The third-order valence-corrected chi connectivity index (χ3v) is 3.05. The molecule has 0 aliphatic rings. The molecule has 0 aliphatic heterocycles. The molecule has 1 amide bonds. The van der Waals surface area contributed by atoms with Crippen LogP contribution in [0.5, 0.6) is 0 Å². The molecular formula is C13H17ClN2O4. The van der Waals surface area contributed by atoms with Gasteiger partial charge in [-0.1, -0.05) is 18.5 Å². The van der Waals surface area contributed by atoms with Crippen LogP contribution in [0.3, 0.4) is 0 Å². The zero-order chi connectivity index (χ0) is 15.1. The highest BCUT2D eigenvalue weighted by Crippen LogP contribution is 2.23. The zero-order valence-corrected chi connectivity index (χ0v) is 11.9. The van der Waals surface area contributed by atoms with E-state index < -0.39 is 5.97 Å². The molecule has 0 atom stereocenters. The first-order valence-corrected chi connectivity index (χ1v) is 6.51. The lowest BCUT2D eigenvalue weighted by atomic mass is 10.2. The second kappa shape index (κ2) is 7.84. The fourth-order valence-electron chi connectivity index (χ4n) is 1.64. The molecule has 0 spiro atoms. The predicted octanol–water partition coefficient (Wildman–Crippen LogP) is 1.29. The highest BCUT2D eigenvalue weighted by Gasteiger charge is 2.12. The minimum atomic E-state index is -1.09. The standard InChI is InChI=1S/C13H17ClN2O4/c1-2-16(5-6-17)8-12(18)15-11-7-9(13(19)20)3-4-10(11)14/h3-4,7,17H,2,5-6,8H2,1H3,(H,15,18)(H,19,20). The first-order chi connectivity index (χ1) is 9.47. The van der Waals surface area contributed by atoms with Crippen molar-refractivity contribution < 1.29 is 19.8 Å². The van der Waals surface area contributed by atoms with Crippen LogP contribution in [0.15, 0.2) is 18.2 Å². The van der Waals surface area contributed by atoms with Gasteiger partial charge in [0.25, 0.3) is 0 Å². The van der Waals surface area contributed by atoms with Crippen molar-refractivity contribution in [2.75, 3.05) is 31.6 Å². The Morgan fingerprint density at radius 2 is 2.10 bits per heavy atom. The van der Waals surface area contributed by atoms with Gasteiger partial charge in [-0.2, -0.15) is 0 Å². The van der Waals surface area contributed by atoms with Gasteiger partial charge in [-0.05, 0) is 24.7 Å². The van der Waals surface area contributed by atoms with Gasteiger partial charge in [0.05, 0.1) is 29.4 Å². The van der Waals surface area contributed by atoms with Gasteiger partial charge >= 0.3 is 5.97 Å². The molecule has 1 aromatic carbocycles. The monoisotopic (exact) mass is 300 g/mol. The number of aromatic carboxylic acids is 1. The number of benzene rings is 1. The maximum absolute atomic E-state index is 11.8. The minimum Gasteiger partial charge on any atom is -0.478 e. The number of nitrogens with zero attached hydrogens (tertiary/aromatic N) is 1. The van der Waals surface area contributed by atoms with Crippen molar-refractivity contribution in [3.05, 3.63) is 28.8 Å². The number of aliphatic hydroxyl groups is 1. The fourth-order valence-corrected chi connectivity index (χ4v) is 1.80. The maximum Gasteiger partial charge on any atom is 0.335 e. The normalized spacial score (nSPS) is 10.6. The zero-order valence-electron chi connectivity index (χ0n) is 11.1. The molecule has 3 N–H and O–H groups in total. The molecule has 0 saturated carbocycles. The number of hydrogen-bond acceptors (Lipinski definition) is 4. The SMILES string of the molecule is CCN(CCO)CC(=O)Nc1cc(C(=O)O)ccc1Cl. The summed E-state index contributed by atoms with van der Waals surface area (Å²) >= 11 is 5.92. The number of likely N-dealkylation sites (N-methyl/N-ethyl adjacent to an activating group) is 1. The molecule has 0 fully saturated rings. The topological polar surface area (TPSA) is 89.9 Å². The number of hydrogen-bond donors (Lipinski definition) is 3. The van der Waals surface area contributed by atoms with Crippen LogP contribution in [0.4, 0.5) is 5.69 Å². The van der Waals surface area contributed by atoms with Gasteiger partial charge in [0.1, 0.15) is 0 Å². The lowest BCUT2D eigenvalue weighted by Gasteiger charge is -2.18. The van der Waals surface area contributed by atoms with E-state index >= 15 is 0 Å². The van der Waals surface area contributed by atoms with Crippen molar-refractivity contribution in [2.24, 2.45) is 0 Å². The first kappa shape index (κ1) is 16.4. The highest BCUT2D eigenvalue weighted by molar-refractivity contribution is 6.33. The van der Waals surface area contributed by atoms with Crippen LogP contribution in [0.1, 0.15) is 17.3 Å². The summed E-state index contributed by atoms with van der Waals surface area (Å²) < 4.78 is 0. The summed E-state index contributed by atoms with van der Waals surface area (Å²) in [5, 5.41) is 20.6. The van der Waals surface area contributed by atoms with Crippen molar-refractivity contribution >= 4 is 29.2 Å². The van der Waals surface area contributed by atoms with Gasteiger partial charge in [0, 0.05) is 6.54 Å². The third-order valence-electron chi connectivity index (χ3n) is 2.72. The van der Waals surface area contributed by atoms with E-state index in [0.29, 0.717) is 13.1 Å². The predicted molar refractivity (Wildman–Crippen MR) is 76.2 cm³/mol. The molecule has 0 radical (unpaired) electrons. The fraction of sp³-hybridized carbons (Fsp3) is 0.385. The van der Waals surface area contributed by atoms with E-state index in [1.54, 1.807) is 4.90 Å². The Bertz CT molecular complexity index is 493. The first-order valence-electron chi connectivity index (χ1n) is 6.13. The van der Waals surface area contributed by atoms with E-state index in [4.69, 9.17) is 21.8 Å². The van der Waals surface area contributed by atoms with Gasteiger partial charge in [0.2, 0.25) is 5.91 Å². The van der Waals surface area contributed by atoms with Crippen LogP contribution in [-0.4, -0.2) is 53.2 Å². The lowest BCUT2D eigenvalue weighted by Crippen LogP contribution is -2.35. The van der Waals surface area contributed by atoms with Crippen molar-refractivity contribution in [2.45, 2.75) is 6.92 Å². The number of halogens is 1. The molecule has 0 aromatic heterocycles. The molecule has 0 heterocycles. The maximum atomic E-state index is 11.8. The van der Waals surface area contributed by atoms with Crippen LogP contribution < -0.4 is 5.32 Å². The second-order valence-electron chi connectivity index (χ2n) is 4.14. The molecule has 7 heteroatoms. The molecule has 0 unspecified atom stereocenters. The number of carboxylic acid groups (broad SMARTS) is 1. The number of anilines is 1. The van der Waals surface area contributed by atoms with E-state index in [-0.39, 0.29) is 35.3 Å². The Morgan fingerprint density at radius 1 is 1.40 bits per heavy atom. The molecular weight excluding hydrogens is 284 g/mol. The minimum absolute atomic E-state index is 0.0314. The van der Waals surface area contributed by atoms with Crippen LogP contribution in [0, 0.1) is 0 Å². The van der Waals surface area contributed by atoms with Gasteiger partial charge in [-0.3, -0.25) is 9.69 Å². The molecule has 1 rings (SSSR count). The summed E-state index contributed by atoms with van der Waals surface area (Å²) in [5.74, 6) is -1.41. The Hall–Kier alpha value is -1.63. The second-order valence-corrected chi connectivity index (χ2v) is 4.55. The average molecular weight is 301 g/mol. The molecule has 6 nitrogen and oxygen atoms in total. The van der Waals surface area contributed by atoms with Gasteiger partial charge < -0.3 is 15.5 Å². The van der Waals surface area contributed by atoms with Gasteiger partial charge in [0.15, 0.2) is 0 Å². The number of carboxylic acids is 1. The summed E-state index contributed by atoms with van der Waals surface area (Å²) in [4.78, 5) is 24.5. The Kier molecular flexibility index (Phi) is 6.44. The lowest BCUT2D eigenvalue weighted by molar-refractivity contribution is -0.117. The Labute approximate surface area is 122 Å². The van der Waals surface area contributed by atoms with Crippen LogP contribution in [0.25, 0.3) is 0 Å². The summed E-state index contributed by atoms with van der Waals surface area (Å²) in [6.45, 7) is 2.96. The quantitative estimate of drug-likeness (QED) is 0.706. The van der Waals surface area contributed by atoms with E-state index in [0.717, 1.165) is 0 Å². The summed E-state index contributed by atoms with van der Waals surface area (Å²) in [6.07, 6.45) is 0. The number of carbonyl (C=O) groups is 2. The van der Waals surface area contributed by atoms with Crippen molar-refractivity contribution in [1.29, 1.82) is 0 Å². The molecule has 0 aliphatic carbocycles. The molecule has 1 aromatic rings. The summed E-state index contributed by atoms with van der Waals surface area (Å²) in [5.41, 5.74) is 0.309. The molecule has 110 valence electrons. The number of nitrogens with one attached hydrogen (secondary N) is 1. The van der Waals surface area contributed by atoms with Crippen molar-refractivity contribution in [3.8, 4) is 0 Å². The van der Waals surface area contributed by atoms with Gasteiger partial charge in [-0.25, -0.2) is 4.79 Å². The highest BCUT2D eigenvalue weighted by atomic mass is 35.5. The Balaban J connectivity index is 2.74. The van der Waals surface area contributed by atoms with E-state index in [1.165, 1.54) is 18.2 Å². The Morgan fingerprint density at radius 3 is 2.65 bits per heavy atom. The van der Waals surface area contributed by atoms with Crippen molar-refractivity contribution in [3.63, 3.8) is 0 Å². The number of rotatable bonds is 7. The number of amides is 1. The van der Waals surface area contributed by atoms with Crippen LogP contribution in [0.2, 0.25) is 5.02 Å². The number of carbonyl (C=O) groups excluding carboxylic acids is 1. The third kappa shape index (κ3) is 4.80. The molecule has 0 saturated heterocycles. The smallest absolute Gasteiger partial charge is 0.335 e. The van der Waals surface area contributed by atoms with E-state index in [2.05, 4.69) is 5.32 Å². The molecule has 0 bridgehead atoms. The summed E-state index contributed by atoms with van der Waals surface area (Å²) in [7, 11) is 0. The van der Waals surface area contributed by atoms with E-state index in [9.17, 15) is 9.59 Å². The average Bonchev–Trinajstić information content (AvgIpc) is 2.40. The van der Waals surface area contributed by atoms with Crippen LogP contribution in [-0.2, 0) is 4.79 Å². The largest absolute Gasteiger partial charge is 0.478 e. The molecule has 20 heavy (non-hydrogen) atoms. The number of aliphatic hydroxyl groups excluding tert-OH is 1.